The number of benzene rings is 1. The maximum atomic E-state index is 12.0. The van der Waals surface area contributed by atoms with Crippen LogP contribution in [0.15, 0.2) is 22.7 Å². The van der Waals surface area contributed by atoms with Crippen molar-refractivity contribution in [2.45, 2.75) is 25.8 Å². The lowest BCUT2D eigenvalue weighted by atomic mass is 10.2. The molecule has 1 saturated carbocycles. The van der Waals surface area contributed by atoms with Crippen molar-refractivity contribution >= 4 is 27.8 Å². The molecule has 21 heavy (non-hydrogen) atoms. The van der Waals surface area contributed by atoms with Crippen molar-refractivity contribution in [3.63, 3.8) is 0 Å². The summed E-state index contributed by atoms with van der Waals surface area (Å²) in [6.07, 6.45) is 2.30. The zero-order valence-corrected chi connectivity index (χ0v) is 13.6. The number of rotatable bonds is 6. The Hall–Kier alpha value is -1.56. The number of esters is 1. The summed E-state index contributed by atoms with van der Waals surface area (Å²) >= 11 is 3.28. The van der Waals surface area contributed by atoms with Crippen LogP contribution in [0.2, 0.25) is 0 Å². The molecule has 1 aromatic rings. The predicted octanol–water partition coefficient (Wildman–Crippen LogP) is 2.53. The largest absolute Gasteiger partial charge is 0.497 e. The minimum Gasteiger partial charge on any atom is -0.497 e. The van der Waals surface area contributed by atoms with Crippen LogP contribution in [0.25, 0.3) is 0 Å². The Balaban J connectivity index is 1.87. The summed E-state index contributed by atoms with van der Waals surface area (Å²) in [5.41, 5.74) is 0.331. The Kier molecular flexibility index (Phi) is 5.22. The Morgan fingerprint density at radius 2 is 2.14 bits per heavy atom. The first-order valence-electron chi connectivity index (χ1n) is 6.81. The molecule has 1 amide bonds. The van der Waals surface area contributed by atoms with Crippen LogP contribution < -0.4 is 10.1 Å². The molecule has 6 heteroatoms. The number of nitrogens with one attached hydrogen (secondary N) is 1. The van der Waals surface area contributed by atoms with E-state index in [0.717, 1.165) is 12.8 Å². The third-order valence-electron chi connectivity index (χ3n) is 3.45. The van der Waals surface area contributed by atoms with Gasteiger partial charge in [-0.1, -0.05) is 0 Å². The van der Waals surface area contributed by atoms with E-state index in [1.807, 2.05) is 6.92 Å². The van der Waals surface area contributed by atoms with Gasteiger partial charge in [-0.05, 0) is 59.8 Å². The third kappa shape index (κ3) is 4.46. The first kappa shape index (κ1) is 15.8. The molecule has 5 nitrogen and oxygen atoms in total. The molecule has 0 unspecified atom stereocenters. The predicted molar refractivity (Wildman–Crippen MR) is 81.3 cm³/mol. The van der Waals surface area contributed by atoms with E-state index >= 15 is 0 Å². The topological polar surface area (TPSA) is 64.6 Å². The summed E-state index contributed by atoms with van der Waals surface area (Å²) in [6.45, 7) is 1.69. The molecule has 1 aromatic carbocycles. The number of carbonyl (C=O) groups excluding carboxylic acids is 2. The van der Waals surface area contributed by atoms with Crippen LogP contribution in [-0.2, 0) is 9.53 Å². The maximum Gasteiger partial charge on any atom is 0.339 e. The van der Waals surface area contributed by atoms with E-state index in [1.165, 1.54) is 7.11 Å². The second kappa shape index (κ2) is 6.93. The number of hydrogen-bond donors (Lipinski definition) is 1. The highest BCUT2D eigenvalue weighted by Crippen LogP contribution is 2.32. The minimum absolute atomic E-state index is 0.139. The second-order valence-electron chi connectivity index (χ2n) is 5.12. The van der Waals surface area contributed by atoms with Gasteiger partial charge in [0.15, 0.2) is 6.61 Å². The van der Waals surface area contributed by atoms with E-state index in [2.05, 4.69) is 21.2 Å². The number of methoxy groups -OCH3 is 1. The monoisotopic (exact) mass is 355 g/mol. The van der Waals surface area contributed by atoms with Crippen molar-refractivity contribution in [3.8, 4) is 5.75 Å². The molecule has 1 atom stereocenters. The molecule has 0 heterocycles. The smallest absolute Gasteiger partial charge is 0.339 e. The van der Waals surface area contributed by atoms with Gasteiger partial charge in [-0.25, -0.2) is 4.79 Å². The van der Waals surface area contributed by atoms with E-state index in [-0.39, 0.29) is 18.6 Å². The van der Waals surface area contributed by atoms with Gasteiger partial charge in [0, 0.05) is 10.5 Å². The lowest BCUT2D eigenvalue weighted by Crippen LogP contribution is -2.37. The van der Waals surface area contributed by atoms with Gasteiger partial charge in [0.05, 0.1) is 12.7 Å². The van der Waals surface area contributed by atoms with Gasteiger partial charge >= 0.3 is 5.97 Å². The molecule has 1 fully saturated rings. The van der Waals surface area contributed by atoms with Gasteiger partial charge < -0.3 is 14.8 Å². The molecule has 0 aromatic heterocycles. The van der Waals surface area contributed by atoms with Crippen LogP contribution in [0, 0.1) is 5.92 Å². The molecular weight excluding hydrogens is 338 g/mol. The third-order valence-corrected chi connectivity index (χ3v) is 4.14. The second-order valence-corrected chi connectivity index (χ2v) is 5.97. The molecule has 0 spiro atoms. The van der Waals surface area contributed by atoms with Crippen molar-refractivity contribution in [1.82, 2.24) is 5.32 Å². The molecule has 1 aliphatic rings. The molecular formula is C15H18BrNO4. The molecule has 114 valence electrons. The highest BCUT2D eigenvalue weighted by Gasteiger charge is 2.29. The van der Waals surface area contributed by atoms with Crippen LogP contribution in [0.3, 0.4) is 0 Å². The SMILES string of the molecule is COc1ccc(Br)c(C(=O)OCC(=O)N[C@H](C)C2CC2)c1. The average Bonchev–Trinajstić information content (AvgIpc) is 3.30. The zero-order chi connectivity index (χ0) is 15.4. The van der Waals surface area contributed by atoms with Gasteiger partial charge in [0.2, 0.25) is 0 Å². The number of carbonyl (C=O) groups is 2. The number of halogens is 1. The molecule has 0 saturated heterocycles. The van der Waals surface area contributed by atoms with Gasteiger partial charge in [-0.15, -0.1) is 0 Å². The highest BCUT2D eigenvalue weighted by molar-refractivity contribution is 9.10. The van der Waals surface area contributed by atoms with Crippen molar-refractivity contribution in [1.29, 1.82) is 0 Å². The summed E-state index contributed by atoms with van der Waals surface area (Å²) < 4.78 is 10.7. The fraction of sp³-hybridized carbons (Fsp3) is 0.467. The van der Waals surface area contributed by atoms with Gasteiger partial charge in [-0.3, -0.25) is 4.79 Å². The summed E-state index contributed by atoms with van der Waals surface area (Å²) in [5, 5.41) is 2.83. The summed E-state index contributed by atoms with van der Waals surface area (Å²) in [4.78, 5) is 23.7. The fourth-order valence-corrected chi connectivity index (χ4v) is 2.41. The van der Waals surface area contributed by atoms with Crippen LogP contribution in [0.1, 0.15) is 30.1 Å². The van der Waals surface area contributed by atoms with Gasteiger partial charge in [0.25, 0.3) is 5.91 Å². The Morgan fingerprint density at radius 1 is 1.43 bits per heavy atom. The lowest BCUT2D eigenvalue weighted by molar-refractivity contribution is -0.124. The van der Waals surface area contributed by atoms with Crippen LogP contribution in [-0.4, -0.2) is 31.6 Å². The van der Waals surface area contributed by atoms with E-state index < -0.39 is 5.97 Å². The zero-order valence-electron chi connectivity index (χ0n) is 12.0. The number of amides is 1. The van der Waals surface area contributed by atoms with Crippen molar-refractivity contribution in [2.75, 3.05) is 13.7 Å². The average molecular weight is 356 g/mol. The molecule has 2 rings (SSSR count). The first-order chi connectivity index (χ1) is 10.0. The highest BCUT2D eigenvalue weighted by atomic mass is 79.9. The normalized spacial score (nSPS) is 15.2. The number of ether oxygens (including phenoxy) is 2. The van der Waals surface area contributed by atoms with Crippen molar-refractivity contribution < 1.29 is 19.1 Å². The number of hydrogen-bond acceptors (Lipinski definition) is 4. The fourth-order valence-electron chi connectivity index (χ4n) is 2.01. The molecule has 0 aliphatic heterocycles. The Bertz CT molecular complexity index is 542. The van der Waals surface area contributed by atoms with Crippen molar-refractivity contribution in [2.24, 2.45) is 5.92 Å². The van der Waals surface area contributed by atoms with E-state index in [1.54, 1.807) is 18.2 Å². The molecule has 1 aliphatic carbocycles. The summed E-state index contributed by atoms with van der Waals surface area (Å²) in [6, 6.07) is 5.13. The van der Waals surface area contributed by atoms with E-state index in [9.17, 15) is 9.59 Å². The molecule has 0 bridgehead atoms. The minimum atomic E-state index is -0.560. The van der Waals surface area contributed by atoms with Crippen molar-refractivity contribution in [3.05, 3.63) is 28.2 Å². The van der Waals surface area contributed by atoms with Crippen LogP contribution in [0.4, 0.5) is 0 Å². The Morgan fingerprint density at radius 3 is 2.76 bits per heavy atom. The quantitative estimate of drug-likeness (QED) is 0.796. The first-order valence-corrected chi connectivity index (χ1v) is 7.60. The maximum absolute atomic E-state index is 12.0. The lowest BCUT2D eigenvalue weighted by Gasteiger charge is -2.13. The summed E-state index contributed by atoms with van der Waals surface area (Å²) in [7, 11) is 1.52. The molecule has 0 radical (unpaired) electrons. The van der Waals surface area contributed by atoms with E-state index in [0.29, 0.717) is 21.7 Å². The molecule has 1 N–H and O–H groups in total. The van der Waals surface area contributed by atoms with Gasteiger partial charge in [-0.2, -0.15) is 0 Å². The Labute approximate surface area is 132 Å². The van der Waals surface area contributed by atoms with Crippen LogP contribution >= 0.6 is 15.9 Å². The standard InChI is InChI=1S/C15H18BrNO4/c1-9(10-3-4-10)17-14(18)8-21-15(19)12-7-11(20-2)5-6-13(12)16/h5-7,9-10H,3-4,8H2,1-2H3,(H,17,18)/t9-/m1/s1. The van der Waals surface area contributed by atoms with E-state index in [4.69, 9.17) is 9.47 Å². The van der Waals surface area contributed by atoms with Gasteiger partial charge in [0.1, 0.15) is 5.75 Å². The summed E-state index contributed by atoms with van der Waals surface area (Å²) in [5.74, 6) is 0.283. The van der Waals surface area contributed by atoms with Crippen LogP contribution in [0.5, 0.6) is 5.75 Å².